The van der Waals surface area contributed by atoms with Gasteiger partial charge in [0.05, 0.1) is 0 Å². The molecule has 648 valence electrons. The lowest BCUT2D eigenvalue weighted by atomic mass is 9.70. The molecule has 0 aromatic heterocycles. The molecular weight excluding hydrogens is 1470 g/mol. The Balaban J connectivity index is 1.26. The van der Waals surface area contributed by atoms with Crippen LogP contribution in [0.25, 0.3) is 0 Å². The summed E-state index contributed by atoms with van der Waals surface area (Å²) in [6.07, 6.45) is 7.96. The average molecular weight is 1630 g/mol. The molecule has 0 fully saturated rings. The van der Waals surface area contributed by atoms with Crippen molar-refractivity contribution in [3.05, 3.63) is 231 Å². The zero-order chi connectivity index (χ0) is 87.6. The van der Waals surface area contributed by atoms with Gasteiger partial charge in [0.2, 0.25) is 0 Å². The van der Waals surface area contributed by atoms with Crippen LogP contribution in [0.2, 0.25) is 0 Å². The third-order valence-corrected chi connectivity index (χ3v) is 25.8. The first-order chi connectivity index (χ1) is 55.3. The summed E-state index contributed by atoms with van der Waals surface area (Å²) in [5.41, 5.74) is 25.6. The van der Waals surface area contributed by atoms with Crippen molar-refractivity contribution in [2.24, 2.45) is 21.7 Å². The van der Waals surface area contributed by atoms with E-state index >= 15 is 0 Å². The van der Waals surface area contributed by atoms with Crippen molar-refractivity contribution in [2.75, 3.05) is 52.9 Å². The van der Waals surface area contributed by atoms with Crippen molar-refractivity contribution in [1.29, 1.82) is 0 Å². The first kappa shape index (κ1) is 89.9. The Labute approximate surface area is 726 Å². The second-order valence-corrected chi connectivity index (χ2v) is 48.7. The van der Waals surface area contributed by atoms with E-state index in [2.05, 4.69) is 319 Å². The molecule has 0 radical (unpaired) electrons. The zero-order valence-corrected chi connectivity index (χ0v) is 80.6. The Morgan fingerprint density at radius 2 is 0.258 bits per heavy atom. The molecule has 0 amide bonds. The molecule has 8 nitrogen and oxygen atoms in total. The van der Waals surface area contributed by atoms with Gasteiger partial charge in [-0.15, -0.1) is 0 Å². The topological polar surface area (TPSA) is 73.8 Å². The molecule has 6 aliphatic rings. The Kier molecular flexibility index (Phi) is 24.2. The van der Waals surface area contributed by atoms with E-state index in [1.165, 1.54) is 44.5 Å². The van der Waals surface area contributed by atoms with E-state index in [0.29, 0.717) is 51.4 Å². The van der Waals surface area contributed by atoms with Crippen molar-refractivity contribution in [3.8, 4) is 46.0 Å². The van der Waals surface area contributed by atoms with Crippen LogP contribution in [0.15, 0.2) is 97.1 Å². The number of benzene rings is 8. The van der Waals surface area contributed by atoms with Crippen LogP contribution in [-0.4, -0.2) is 52.9 Å². The number of hydrogen-bond donors (Lipinski definition) is 0. The van der Waals surface area contributed by atoms with Crippen LogP contribution in [-0.2, 0) is 94.7 Å². The van der Waals surface area contributed by atoms with Crippen LogP contribution in [0.3, 0.4) is 0 Å². The van der Waals surface area contributed by atoms with Crippen molar-refractivity contribution in [3.63, 3.8) is 0 Å². The molecule has 0 saturated heterocycles. The van der Waals surface area contributed by atoms with Crippen molar-refractivity contribution < 1.29 is 37.9 Å². The molecule has 0 N–H and O–H groups in total. The van der Waals surface area contributed by atoms with E-state index in [9.17, 15) is 0 Å². The summed E-state index contributed by atoms with van der Waals surface area (Å²) in [7, 11) is 0. The summed E-state index contributed by atoms with van der Waals surface area (Å²) < 4.78 is 63.3. The summed E-state index contributed by atoms with van der Waals surface area (Å²) in [5.74, 6) is 6.98. The molecule has 4 aliphatic heterocycles. The second kappa shape index (κ2) is 32.4. The van der Waals surface area contributed by atoms with E-state index in [4.69, 9.17) is 37.9 Å². The first-order valence-corrected chi connectivity index (χ1v) is 45.7. The fourth-order valence-electron chi connectivity index (χ4n) is 21.4. The minimum atomic E-state index is -0.276. The van der Waals surface area contributed by atoms with E-state index in [1.807, 2.05) is 0 Å². The number of rotatable bonds is 8. The largest absolute Gasteiger partial charge is 0.489 e. The average Bonchev–Trinajstić information content (AvgIpc) is 0.759. The summed E-state index contributed by atoms with van der Waals surface area (Å²) >= 11 is 0. The normalized spacial score (nSPS) is 16.1. The fraction of sp³-hybridized carbons (Fsp3) is 0.571. The smallest absolute Gasteiger partial charge is 0.126 e. The lowest BCUT2D eigenvalue weighted by Gasteiger charge is -2.36. The molecule has 4 heterocycles. The van der Waals surface area contributed by atoms with Gasteiger partial charge in [-0.05, 0) is 224 Å². The molecule has 0 saturated carbocycles. The number of fused-ring (bicyclic) bond motifs is 12. The van der Waals surface area contributed by atoms with Crippen molar-refractivity contribution in [1.82, 2.24) is 0 Å². The predicted octanol–water partition coefficient (Wildman–Crippen LogP) is 27.9. The van der Waals surface area contributed by atoms with E-state index in [-0.39, 0.29) is 118 Å². The lowest BCUT2D eigenvalue weighted by Crippen LogP contribution is -2.26. The van der Waals surface area contributed by atoms with Gasteiger partial charge < -0.3 is 37.9 Å². The highest BCUT2D eigenvalue weighted by atomic mass is 16.5. The Morgan fingerprint density at radius 3 is 0.350 bits per heavy atom. The number of ether oxygens (including phenoxy) is 8. The molecule has 24 bridgehead atoms. The van der Waals surface area contributed by atoms with Crippen LogP contribution in [0.1, 0.15) is 381 Å². The fourth-order valence-corrected chi connectivity index (χ4v) is 21.4. The molecule has 8 aromatic carbocycles. The van der Waals surface area contributed by atoms with Crippen molar-refractivity contribution >= 4 is 0 Å². The van der Waals surface area contributed by atoms with Gasteiger partial charge in [0, 0.05) is 51.4 Å². The standard InChI is InChI=1S/C112H152O8/c1-101(2,3)65-109(25,26)89-57-77-45-79-59-90(110(27,28)66-102(4,5)6)61-81-47-83-63-92(112(31,32)68-104(10,11)12)64-84-48-82-62-91(111(29,30)67-103(7,8)9)60-80-46-78(58-89)97(77)117-37-33-113-93-69-41-71-51-86(106(16,17)18)53-73(94(71)114-34-38-118-98(79)81)43-75-55-88(108(22,23)24)56-76(96(75)116-36-40-120-100(83)84)44-74-54-87(107(19,20)21)52-72(95(74)115-35-39-119-99(80)82)42-70(93)50-85(49-69)105(13,14)15/h49-64H,33-48,65-68H2,1-32H3. The van der Waals surface area contributed by atoms with E-state index in [0.717, 1.165) is 161 Å². The second-order valence-electron chi connectivity index (χ2n) is 48.7. The third-order valence-electron chi connectivity index (χ3n) is 25.8. The van der Waals surface area contributed by atoms with Gasteiger partial charge in [-0.25, -0.2) is 0 Å². The zero-order valence-electron chi connectivity index (χ0n) is 80.6. The quantitative estimate of drug-likeness (QED) is 0.149. The Bertz CT molecular complexity index is 4330. The summed E-state index contributed by atoms with van der Waals surface area (Å²) in [6.45, 7) is 78.7. The Hall–Kier alpha value is -7.84. The van der Waals surface area contributed by atoms with Crippen LogP contribution in [0, 0.1) is 21.7 Å². The SMILES string of the molecule is CC(C)(C)CC(C)(C)c1cc2c3c(c1)Cc1cc(C(C)(C)CC(C)(C)C)cc4c1OCCOc1c5cc(C(C)(C)C)cc1Cc1cc(C(C)(C)C)cc6c1OCCOc1c(cc(C(C)(C)CC(C)(C)C)cc1C4)Cc1cc(C(C)(C)CC(C)(C)C)cc(c1OCCOc1c(cc(C(C)(C)C)cc1C6)Cc1cc(C(C)(C)C)cc(c1OCCO3)C5)C2. The van der Waals surface area contributed by atoms with Crippen LogP contribution in [0.5, 0.6) is 46.0 Å². The van der Waals surface area contributed by atoms with Gasteiger partial charge in [-0.3, -0.25) is 0 Å². The van der Waals surface area contributed by atoms with Crippen LogP contribution >= 0.6 is 0 Å². The predicted molar refractivity (Wildman–Crippen MR) is 501 cm³/mol. The van der Waals surface area contributed by atoms with Crippen LogP contribution < -0.4 is 37.9 Å². The summed E-state index contributed by atoms with van der Waals surface area (Å²) in [4.78, 5) is 0. The molecule has 0 spiro atoms. The number of hydrogen-bond acceptors (Lipinski definition) is 8. The molecule has 8 aromatic rings. The van der Waals surface area contributed by atoms with E-state index in [1.54, 1.807) is 0 Å². The maximum atomic E-state index is 7.96. The lowest BCUT2D eigenvalue weighted by molar-refractivity contribution is 0.206. The van der Waals surface area contributed by atoms with Gasteiger partial charge >= 0.3 is 0 Å². The van der Waals surface area contributed by atoms with Crippen LogP contribution in [0.4, 0.5) is 0 Å². The van der Waals surface area contributed by atoms with Gasteiger partial charge in [0.25, 0.3) is 0 Å². The molecule has 2 aliphatic carbocycles. The molecule has 14 rings (SSSR count). The molecule has 0 unspecified atom stereocenters. The summed E-state index contributed by atoms with van der Waals surface area (Å²) in [6, 6.07) is 39.8. The van der Waals surface area contributed by atoms with Gasteiger partial charge in [-0.1, -0.05) is 319 Å². The highest BCUT2D eigenvalue weighted by molar-refractivity contribution is 5.64. The highest BCUT2D eigenvalue weighted by Crippen LogP contribution is 2.52. The third kappa shape index (κ3) is 20.6. The highest BCUT2D eigenvalue weighted by Gasteiger charge is 2.39. The molecule has 8 heteroatoms. The first-order valence-electron chi connectivity index (χ1n) is 45.7. The van der Waals surface area contributed by atoms with Gasteiger partial charge in [-0.2, -0.15) is 0 Å². The maximum absolute atomic E-state index is 7.96. The minimum Gasteiger partial charge on any atom is -0.489 e. The van der Waals surface area contributed by atoms with Gasteiger partial charge in [0.1, 0.15) is 98.9 Å². The monoisotopic (exact) mass is 1630 g/mol. The maximum Gasteiger partial charge on any atom is 0.126 e. The Morgan fingerprint density at radius 1 is 0.158 bits per heavy atom. The van der Waals surface area contributed by atoms with Gasteiger partial charge in [0.15, 0.2) is 0 Å². The van der Waals surface area contributed by atoms with Crippen molar-refractivity contribution in [2.45, 2.75) is 342 Å². The molecular formula is C112H152O8. The van der Waals surface area contributed by atoms with E-state index < -0.39 is 0 Å². The molecule has 0 atom stereocenters. The summed E-state index contributed by atoms with van der Waals surface area (Å²) in [5, 5.41) is 0. The minimum absolute atomic E-state index is 0.00471. The molecule has 120 heavy (non-hydrogen) atoms.